The van der Waals surface area contributed by atoms with E-state index in [1.54, 1.807) is 6.07 Å². The molecule has 5 nitrogen and oxygen atoms in total. The standard InChI is InChI=1S/C26H34N2O3/c1-19-17-28(13-12-26(19,3)23-10-7-11-24(30)15-23)18-22(25(31)27-16-20(2)29)14-21-8-5-4-6-9-21/h4-11,15,19,22,30H,12-14,16-18H2,1-3H3,(H,27,31)/t19-,22-,26?/m0/s1. The maximum absolute atomic E-state index is 12.9. The summed E-state index contributed by atoms with van der Waals surface area (Å²) in [4.78, 5) is 26.6. The molecule has 0 aliphatic carbocycles. The number of aromatic hydroxyl groups is 1. The van der Waals surface area contributed by atoms with Crippen molar-refractivity contribution in [2.75, 3.05) is 26.2 Å². The second-order valence-electron chi connectivity index (χ2n) is 9.18. The molecule has 31 heavy (non-hydrogen) atoms. The number of piperidine rings is 1. The first-order valence-electron chi connectivity index (χ1n) is 11.1. The van der Waals surface area contributed by atoms with Crippen LogP contribution in [-0.2, 0) is 21.4 Å². The quantitative estimate of drug-likeness (QED) is 0.683. The van der Waals surface area contributed by atoms with Gasteiger partial charge in [0, 0.05) is 13.1 Å². The normalized spacial score (nSPS) is 22.6. The first-order valence-corrected chi connectivity index (χ1v) is 11.1. The number of amides is 1. The predicted molar refractivity (Wildman–Crippen MR) is 123 cm³/mol. The Hall–Kier alpha value is -2.66. The van der Waals surface area contributed by atoms with Gasteiger partial charge in [0.25, 0.3) is 0 Å². The molecule has 0 bridgehead atoms. The number of likely N-dealkylation sites (tertiary alicyclic amines) is 1. The lowest BCUT2D eigenvalue weighted by molar-refractivity contribution is -0.128. The Morgan fingerprint density at radius 2 is 1.94 bits per heavy atom. The molecule has 2 aromatic rings. The lowest BCUT2D eigenvalue weighted by Crippen LogP contribution is -2.50. The van der Waals surface area contributed by atoms with Gasteiger partial charge in [0.05, 0.1) is 12.5 Å². The number of phenols is 1. The Bertz CT molecular complexity index is 899. The molecule has 5 heteroatoms. The maximum atomic E-state index is 12.9. The van der Waals surface area contributed by atoms with Crippen molar-refractivity contribution < 1.29 is 14.7 Å². The van der Waals surface area contributed by atoms with Crippen molar-refractivity contribution in [3.8, 4) is 5.75 Å². The minimum Gasteiger partial charge on any atom is -0.508 e. The highest BCUT2D eigenvalue weighted by molar-refractivity contribution is 5.85. The van der Waals surface area contributed by atoms with E-state index in [1.165, 1.54) is 12.5 Å². The van der Waals surface area contributed by atoms with Gasteiger partial charge in [-0.25, -0.2) is 0 Å². The average Bonchev–Trinajstić information content (AvgIpc) is 2.75. The zero-order chi connectivity index (χ0) is 22.4. The van der Waals surface area contributed by atoms with Crippen molar-refractivity contribution in [1.29, 1.82) is 0 Å². The summed E-state index contributed by atoms with van der Waals surface area (Å²) < 4.78 is 0. The molecule has 166 valence electrons. The van der Waals surface area contributed by atoms with Crippen LogP contribution in [0, 0.1) is 11.8 Å². The van der Waals surface area contributed by atoms with E-state index in [-0.39, 0.29) is 29.6 Å². The lowest BCUT2D eigenvalue weighted by Gasteiger charge is -2.45. The van der Waals surface area contributed by atoms with Gasteiger partial charge in [-0.3, -0.25) is 9.59 Å². The van der Waals surface area contributed by atoms with Crippen molar-refractivity contribution in [1.82, 2.24) is 10.2 Å². The molecule has 1 aliphatic rings. The molecule has 1 heterocycles. The summed E-state index contributed by atoms with van der Waals surface area (Å²) in [6, 6.07) is 17.6. The summed E-state index contributed by atoms with van der Waals surface area (Å²) in [5, 5.41) is 12.7. The highest BCUT2D eigenvalue weighted by Crippen LogP contribution is 2.40. The number of phenolic OH excluding ortho intramolecular Hbond substituents is 1. The average molecular weight is 423 g/mol. The van der Waals surface area contributed by atoms with Crippen LogP contribution in [-0.4, -0.2) is 47.9 Å². The summed E-state index contributed by atoms with van der Waals surface area (Å²) in [6.07, 6.45) is 1.62. The number of rotatable bonds is 8. The fourth-order valence-corrected chi connectivity index (χ4v) is 4.58. The molecule has 1 unspecified atom stereocenters. The number of carbonyl (C=O) groups excluding carboxylic acids is 2. The first-order chi connectivity index (χ1) is 14.8. The van der Waals surface area contributed by atoms with Crippen molar-refractivity contribution in [2.24, 2.45) is 11.8 Å². The van der Waals surface area contributed by atoms with Gasteiger partial charge >= 0.3 is 0 Å². The Kier molecular flexibility index (Phi) is 7.50. The van der Waals surface area contributed by atoms with Crippen molar-refractivity contribution in [3.05, 3.63) is 65.7 Å². The van der Waals surface area contributed by atoms with Crippen LogP contribution in [0.1, 0.15) is 38.3 Å². The topological polar surface area (TPSA) is 69.6 Å². The van der Waals surface area contributed by atoms with E-state index in [1.807, 2.05) is 42.5 Å². The summed E-state index contributed by atoms with van der Waals surface area (Å²) in [5.41, 5.74) is 2.28. The third kappa shape index (κ3) is 5.95. The fraction of sp³-hybridized carbons (Fsp3) is 0.462. The SMILES string of the molecule is CC(=O)CNC(=O)[C@@H](Cc1ccccc1)CN1CCC(C)(c2cccc(O)c2)[C@@H](C)C1. The molecule has 2 N–H and O–H groups in total. The van der Waals surface area contributed by atoms with Crippen LogP contribution in [0.4, 0.5) is 0 Å². The van der Waals surface area contributed by atoms with E-state index >= 15 is 0 Å². The molecular formula is C26H34N2O3. The molecule has 0 radical (unpaired) electrons. The van der Waals surface area contributed by atoms with Crippen LogP contribution in [0.3, 0.4) is 0 Å². The molecule has 2 aromatic carbocycles. The Labute approximate surface area is 185 Å². The van der Waals surface area contributed by atoms with Crippen LogP contribution < -0.4 is 5.32 Å². The second kappa shape index (κ2) is 10.1. The maximum Gasteiger partial charge on any atom is 0.225 e. The van der Waals surface area contributed by atoms with Crippen LogP contribution in [0.2, 0.25) is 0 Å². The number of ketones is 1. The van der Waals surface area contributed by atoms with E-state index in [0.29, 0.717) is 24.6 Å². The Balaban J connectivity index is 1.69. The van der Waals surface area contributed by atoms with E-state index in [0.717, 1.165) is 25.1 Å². The van der Waals surface area contributed by atoms with Crippen LogP contribution in [0.15, 0.2) is 54.6 Å². The molecule has 1 aliphatic heterocycles. The highest BCUT2D eigenvalue weighted by atomic mass is 16.3. The van der Waals surface area contributed by atoms with Gasteiger partial charge in [-0.05, 0) is 60.9 Å². The monoisotopic (exact) mass is 422 g/mol. The van der Waals surface area contributed by atoms with Crippen molar-refractivity contribution in [3.63, 3.8) is 0 Å². The van der Waals surface area contributed by atoms with E-state index in [4.69, 9.17) is 0 Å². The first kappa shape index (κ1) is 23.0. The van der Waals surface area contributed by atoms with Gasteiger partial charge in [0.2, 0.25) is 5.91 Å². The zero-order valence-corrected chi connectivity index (χ0v) is 18.8. The van der Waals surface area contributed by atoms with Crippen LogP contribution >= 0.6 is 0 Å². The molecule has 1 fully saturated rings. The Morgan fingerprint density at radius 3 is 2.58 bits per heavy atom. The Morgan fingerprint density at radius 1 is 1.19 bits per heavy atom. The number of nitrogens with zero attached hydrogens (tertiary/aromatic N) is 1. The molecule has 1 saturated heterocycles. The largest absolute Gasteiger partial charge is 0.508 e. The van der Waals surface area contributed by atoms with Crippen molar-refractivity contribution >= 4 is 11.7 Å². The number of carbonyl (C=O) groups is 2. The van der Waals surface area contributed by atoms with Gasteiger partial charge in [-0.15, -0.1) is 0 Å². The van der Waals surface area contributed by atoms with Gasteiger partial charge < -0.3 is 15.3 Å². The molecule has 0 spiro atoms. The molecular weight excluding hydrogens is 388 g/mol. The van der Waals surface area contributed by atoms with Gasteiger partial charge in [-0.1, -0.05) is 56.3 Å². The molecule has 1 amide bonds. The van der Waals surface area contributed by atoms with E-state index in [2.05, 4.69) is 30.1 Å². The number of benzene rings is 2. The molecule has 0 saturated carbocycles. The van der Waals surface area contributed by atoms with Gasteiger partial charge in [-0.2, -0.15) is 0 Å². The smallest absolute Gasteiger partial charge is 0.225 e. The number of hydrogen-bond donors (Lipinski definition) is 2. The van der Waals surface area contributed by atoms with Crippen LogP contribution in [0.25, 0.3) is 0 Å². The minimum atomic E-state index is -0.209. The second-order valence-corrected chi connectivity index (χ2v) is 9.18. The third-order valence-corrected chi connectivity index (χ3v) is 6.76. The molecule has 3 rings (SSSR count). The molecule has 0 aromatic heterocycles. The predicted octanol–water partition coefficient (Wildman–Crippen LogP) is 3.56. The summed E-state index contributed by atoms with van der Waals surface area (Å²) in [7, 11) is 0. The molecule has 3 atom stereocenters. The van der Waals surface area contributed by atoms with E-state index < -0.39 is 0 Å². The fourth-order valence-electron chi connectivity index (χ4n) is 4.58. The zero-order valence-electron chi connectivity index (χ0n) is 18.8. The van der Waals surface area contributed by atoms with Gasteiger partial charge in [0.1, 0.15) is 11.5 Å². The summed E-state index contributed by atoms with van der Waals surface area (Å²) in [5.74, 6) is 0.367. The number of hydrogen-bond acceptors (Lipinski definition) is 4. The third-order valence-electron chi connectivity index (χ3n) is 6.76. The van der Waals surface area contributed by atoms with Crippen molar-refractivity contribution in [2.45, 2.75) is 39.0 Å². The summed E-state index contributed by atoms with van der Waals surface area (Å²) >= 11 is 0. The summed E-state index contributed by atoms with van der Waals surface area (Å²) in [6.45, 7) is 8.53. The number of Topliss-reactive ketones (excluding diaryl/α,β-unsaturated/α-hetero) is 1. The highest BCUT2D eigenvalue weighted by Gasteiger charge is 2.39. The number of nitrogens with one attached hydrogen (secondary N) is 1. The lowest BCUT2D eigenvalue weighted by atomic mass is 9.68. The van der Waals surface area contributed by atoms with Gasteiger partial charge in [0.15, 0.2) is 0 Å². The minimum absolute atomic E-state index is 0.0128. The van der Waals surface area contributed by atoms with Crippen LogP contribution in [0.5, 0.6) is 5.75 Å². The van der Waals surface area contributed by atoms with E-state index in [9.17, 15) is 14.7 Å².